The van der Waals surface area contributed by atoms with E-state index in [1.54, 1.807) is 6.20 Å². The minimum Gasteiger partial charge on any atom is -0.383 e. The van der Waals surface area contributed by atoms with Gasteiger partial charge in [-0.05, 0) is 49.3 Å². The quantitative estimate of drug-likeness (QED) is 0.610. The first kappa shape index (κ1) is 17.7. The standard InChI is InChI=1S/C19H23N7S/c27-19(26-13-11-25(12-14-26)17-7-1-2-8-21-17)24-23-16-6-4-9-20-15-5-3-10-22-18(15)16/h1-3,5,7-8,10,20H,4,6,9,11-14H2,(H,24,27)/b23-16-. The summed E-state index contributed by atoms with van der Waals surface area (Å²) in [5.74, 6) is 1.02. The van der Waals surface area contributed by atoms with Gasteiger partial charge in [0, 0.05) is 45.1 Å². The molecule has 0 bridgehead atoms. The van der Waals surface area contributed by atoms with E-state index in [-0.39, 0.29) is 0 Å². The van der Waals surface area contributed by atoms with Crippen LogP contribution in [0.15, 0.2) is 47.8 Å². The third-order valence-corrected chi connectivity index (χ3v) is 5.16. The van der Waals surface area contributed by atoms with Crippen LogP contribution in [-0.4, -0.2) is 58.4 Å². The first-order valence-electron chi connectivity index (χ1n) is 9.28. The van der Waals surface area contributed by atoms with E-state index in [0.717, 1.165) is 68.5 Å². The number of aromatic nitrogens is 2. The molecule has 2 aromatic heterocycles. The third-order valence-electron chi connectivity index (χ3n) is 4.81. The van der Waals surface area contributed by atoms with E-state index in [1.807, 2.05) is 36.5 Å². The molecule has 8 heteroatoms. The maximum absolute atomic E-state index is 5.57. The smallest absolute Gasteiger partial charge is 0.189 e. The number of pyridine rings is 2. The molecule has 0 radical (unpaired) electrons. The van der Waals surface area contributed by atoms with Crippen LogP contribution in [0.2, 0.25) is 0 Å². The van der Waals surface area contributed by atoms with E-state index in [2.05, 4.69) is 35.6 Å². The first-order chi connectivity index (χ1) is 13.3. The number of hydrogen-bond donors (Lipinski definition) is 2. The Hall–Kier alpha value is -2.74. The Morgan fingerprint density at radius 3 is 2.74 bits per heavy atom. The Balaban J connectivity index is 1.37. The first-order valence-corrected chi connectivity index (χ1v) is 9.69. The molecule has 4 heterocycles. The lowest BCUT2D eigenvalue weighted by molar-refractivity contribution is 0.380. The Labute approximate surface area is 164 Å². The van der Waals surface area contributed by atoms with Crippen molar-refractivity contribution in [1.82, 2.24) is 20.3 Å². The second-order valence-electron chi connectivity index (χ2n) is 6.57. The average molecular weight is 382 g/mol. The Kier molecular flexibility index (Phi) is 5.43. The second-order valence-corrected chi connectivity index (χ2v) is 6.95. The van der Waals surface area contributed by atoms with Gasteiger partial charge in [-0.3, -0.25) is 10.4 Å². The van der Waals surface area contributed by atoms with Crippen LogP contribution in [0, 0.1) is 0 Å². The van der Waals surface area contributed by atoms with Crippen LogP contribution < -0.4 is 15.6 Å². The molecule has 0 atom stereocenters. The summed E-state index contributed by atoms with van der Waals surface area (Å²) < 4.78 is 0. The van der Waals surface area contributed by atoms with E-state index in [9.17, 15) is 0 Å². The van der Waals surface area contributed by atoms with E-state index >= 15 is 0 Å². The van der Waals surface area contributed by atoms with E-state index in [0.29, 0.717) is 5.11 Å². The fourth-order valence-corrected chi connectivity index (χ4v) is 3.58. The summed E-state index contributed by atoms with van der Waals surface area (Å²) in [7, 11) is 0. The van der Waals surface area contributed by atoms with Crippen molar-refractivity contribution < 1.29 is 0 Å². The molecular formula is C19H23N7S. The molecular weight excluding hydrogens is 358 g/mol. The molecule has 2 aliphatic heterocycles. The molecule has 7 nitrogen and oxygen atoms in total. The molecule has 2 N–H and O–H groups in total. The minimum atomic E-state index is 0.665. The molecule has 0 saturated carbocycles. The summed E-state index contributed by atoms with van der Waals surface area (Å²) >= 11 is 5.57. The third kappa shape index (κ3) is 4.16. The normalized spacial score (nSPS) is 18.4. The van der Waals surface area contributed by atoms with Gasteiger partial charge < -0.3 is 15.1 Å². The van der Waals surface area contributed by atoms with Crippen molar-refractivity contribution >= 4 is 34.5 Å². The van der Waals surface area contributed by atoms with Gasteiger partial charge in [0.1, 0.15) is 11.5 Å². The highest BCUT2D eigenvalue weighted by atomic mass is 32.1. The Morgan fingerprint density at radius 1 is 1.07 bits per heavy atom. The molecule has 0 spiro atoms. The summed E-state index contributed by atoms with van der Waals surface area (Å²) in [6.45, 7) is 4.42. The predicted octanol–water partition coefficient (Wildman–Crippen LogP) is 2.08. The van der Waals surface area contributed by atoms with Crippen molar-refractivity contribution in [2.45, 2.75) is 12.8 Å². The van der Waals surface area contributed by atoms with Gasteiger partial charge in [-0.25, -0.2) is 4.98 Å². The van der Waals surface area contributed by atoms with Crippen LogP contribution >= 0.6 is 12.2 Å². The Bertz CT molecular complexity index is 816. The van der Waals surface area contributed by atoms with Gasteiger partial charge in [-0.1, -0.05) is 6.07 Å². The number of hydrogen-bond acceptors (Lipinski definition) is 6. The molecule has 1 saturated heterocycles. The largest absolute Gasteiger partial charge is 0.383 e. The zero-order chi connectivity index (χ0) is 18.5. The van der Waals surface area contributed by atoms with Gasteiger partial charge in [0.05, 0.1) is 11.4 Å². The van der Waals surface area contributed by atoms with Gasteiger partial charge in [0.15, 0.2) is 5.11 Å². The fraction of sp³-hybridized carbons (Fsp3) is 0.368. The van der Waals surface area contributed by atoms with Crippen molar-refractivity contribution in [1.29, 1.82) is 0 Å². The summed E-state index contributed by atoms with van der Waals surface area (Å²) in [6, 6.07) is 9.98. The minimum absolute atomic E-state index is 0.665. The molecule has 0 amide bonds. The van der Waals surface area contributed by atoms with E-state index in [1.165, 1.54) is 0 Å². The SMILES string of the molecule is S=C(N/N=C1/CCCNc2cccnc21)N1CCN(c2ccccn2)CC1. The van der Waals surface area contributed by atoms with Gasteiger partial charge in [0.25, 0.3) is 0 Å². The van der Waals surface area contributed by atoms with Crippen LogP contribution in [0.4, 0.5) is 11.5 Å². The summed E-state index contributed by atoms with van der Waals surface area (Å²) in [6.07, 6.45) is 5.53. The zero-order valence-electron chi connectivity index (χ0n) is 15.1. The topological polar surface area (TPSA) is 68.7 Å². The molecule has 140 valence electrons. The molecule has 2 aromatic rings. The number of fused-ring (bicyclic) bond motifs is 1. The maximum Gasteiger partial charge on any atom is 0.189 e. The molecule has 1 fully saturated rings. The Morgan fingerprint density at radius 2 is 1.93 bits per heavy atom. The van der Waals surface area contributed by atoms with Crippen LogP contribution in [0.25, 0.3) is 0 Å². The van der Waals surface area contributed by atoms with Crippen LogP contribution in [0.3, 0.4) is 0 Å². The molecule has 0 unspecified atom stereocenters. The molecule has 4 rings (SSSR count). The molecule has 27 heavy (non-hydrogen) atoms. The van der Waals surface area contributed by atoms with Gasteiger partial charge >= 0.3 is 0 Å². The zero-order valence-corrected chi connectivity index (χ0v) is 16.0. The average Bonchev–Trinajstić information content (AvgIpc) is 2.95. The van der Waals surface area contributed by atoms with E-state index in [4.69, 9.17) is 12.2 Å². The molecule has 0 aliphatic carbocycles. The second kappa shape index (κ2) is 8.30. The maximum atomic E-state index is 5.57. The lowest BCUT2D eigenvalue weighted by atomic mass is 10.1. The highest BCUT2D eigenvalue weighted by molar-refractivity contribution is 7.80. The number of nitrogens with zero attached hydrogens (tertiary/aromatic N) is 5. The van der Waals surface area contributed by atoms with Crippen LogP contribution in [-0.2, 0) is 0 Å². The number of piperazine rings is 1. The van der Waals surface area contributed by atoms with Gasteiger partial charge in [0.2, 0.25) is 0 Å². The fourth-order valence-electron chi connectivity index (χ4n) is 3.35. The summed E-state index contributed by atoms with van der Waals surface area (Å²) in [4.78, 5) is 13.4. The monoisotopic (exact) mass is 381 g/mol. The van der Waals surface area contributed by atoms with Crippen LogP contribution in [0.5, 0.6) is 0 Å². The predicted molar refractivity (Wildman–Crippen MR) is 112 cm³/mol. The summed E-state index contributed by atoms with van der Waals surface area (Å²) in [5, 5.41) is 8.66. The van der Waals surface area contributed by atoms with Crippen LogP contribution in [0.1, 0.15) is 18.5 Å². The van der Waals surface area contributed by atoms with Crippen molar-refractivity contribution in [3.63, 3.8) is 0 Å². The van der Waals surface area contributed by atoms with Crippen molar-refractivity contribution in [3.05, 3.63) is 48.4 Å². The summed E-state index contributed by atoms with van der Waals surface area (Å²) in [5.41, 5.74) is 5.98. The number of thiocarbonyl (C=S) groups is 1. The lowest BCUT2D eigenvalue weighted by Gasteiger charge is -2.36. The van der Waals surface area contributed by atoms with Gasteiger partial charge in [-0.2, -0.15) is 5.10 Å². The van der Waals surface area contributed by atoms with Crippen molar-refractivity contribution in [3.8, 4) is 0 Å². The highest BCUT2D eigenvalue weighted by Crippen LogP contribution is 2.19. The number of hydrazone groups is 1. The molecule has 2 aliphatic rings. The lowest BCUT2D eigenvalue weighted by Crippen LogP contribution is -2.51. The number of nitrogens with one attached hydrogen (secondary N) is 2. The van der Waals surface area contributed by atoms with Crippen molar-refractivity contribution in [2.75, 3.05) is 42.9 Å². The van der Waals surface area contributed by atoms with Gasteiger partial charge in [-0.15, -0.1) is 0 Å². The number of anilines is 2. The highest BCUT2D eigenvalue weighted by Gasteiger charge is 2.20. The van der Waals surface area contributed by atoms with E-state index < -0.39 is 0 Å². The van der Waals surface area contributed by atoms with Crippen molar-refractivity contribution in [2.24, 2.45) is 5.10 Å². The number of rotatable bonds is 2. The molecule has 0 aromatic carbocycles.